The van der Waals surface area contributed by atoms with E-state index in [2.05, 4.69) is 24.1 Å². The second-order valence-corrected chi connectivity index (χ2v) is 4.40. The molecule has 3 N–H and O–H groups in total. The molecule has 13 heavy (non-hydrogen) atoms. The average Bonchev–Trinajstić information content (AvgIpc) is 2.58. The molecule has 3 heteroatoms. The van der Waals surface area contributed by atoms with Gasteiger partial charge in [-0.05, 0) is 17.9 Å². The predicted octanol–water partition coefficient (Wildman–Crippen LogP) is 1.87. The standard InChI is InChI=1S/C10H15N3/c1-10(2)4-9(10)13-8-3-7(11)5-12-6-8/h3,5-6,9,13H,4,11H2,1-2H3. The molecular formula is C10H15N3. The number of hydrogen-bond acceptors (Lipinski definition) is 3. The van der Waals surface area contributed by atoms with Gasteiger partial charge in [0.05, 0.1) is 17.6 Å². The van der Waals surface area contributed by atoms with E-state index >= 15 is 0 Å². The van der Waals surface area contributed by atoms with Crippen molar-refractivity contribution in [1.82, 2.24) is 4.98 Å². The Morgan fingerprint density at radius 3 is 2.77 bits per heavy atom. The third-order valence-corrected chi connectivity index (χ3v) is 2.61. The van der Waals surface area contributed by atoms with Crippen molar-refractivity contribution in [3.05, 3.63) is 18.5 Å². The molecule has 2 rings (SSSR count). The van der Waals surface area contributed by atoms with Gasteiger partial charge in [-0.2, -0.15) is 0 Å². The molecule has 0 radical (unpaired) electrons. The molecule has 0 aliphatic heterocycles. The van der Waals surface area contributed by atoms with Gasteiger partial charge < -0.3 is 11.1 Å². The first-order valence-electron chi connectivity index (χ1n) is 4.55. The van der Waals surface area contributed by atoms with Crippen LogP contribution in [0.4, 0.5) is 11.4 Å². The Kier molecular flexibility index (Phi) is 1.68. The zero-order chi connectivity index (χ0) is 9.47. The van der Waals surface area contributed by atoms with Crippen LogP contribution in [0.1, 0.15) is 20.3 Å². The number of nitrogens with zero attached hydrogens (tertiary/aromatic N) is 1. The van der Waals surface area contributed by atoms with E-state index in [1.54, 1.807) is 6.20 Å². The normalized spacial score (nSPS) is 24.0. The van der Waals surface area contributed by atoms with Crippen LogP contribution in [0.25, 0.3) is 0 Å². The topological polar surface area (TPSA) is 50.9 Å². The lowest BCUT2D eigenvalue weighted by Gasteiger charge is -2.07. The molecule has 1 heterocycles. The van der Waals surface area contributed by atoms with E-state index in [1.165, 1.54) is 6.42 Å². The summed E-state index contributed by atoms with van der Waals surface area (Å²) in [6.07, 6.45) is 4.69. The molecule has 1 unspecified atom stereocenters. The maximum atomic E-state index is 5.62. The van der Waals surface area contributed by atoms with E-state index in [0.717, 1.165) is 5.69 Å². The van der Waals surface area contributed by atoms with Crippen LogP contribution in [-0.4, -0.2) is 11.0 Å². The Bertz CT molecular complexity index is 320. The molecule has 0 amide bonds. The van der Waals surface area contributed by atoms with Gasteiger partial charge in [-0.3, -0.25) is 4.98 Å². The summed E-state index contributed by atoms with van der Waals surface area (Å²) in [5.74, 6) is 0. The molecule has 3 nitrogen and oxygen atoms in total. The van der Waals surface area contributed by atoms with Crippen molar-refractivity contribution in [3.8, 4) is 0 Å². The molecular weight excluding hydrogens is 162 g/mol. The van der Waals surface area contributed by atoms with Gasteiger partial charge in [-0.15, -0.1) is 0 Å². The van der Waals surface area contributed by atoms with Gasteiger partial charge in [0.2, 0.25) is 0 Å². The zero-order valence-corrected chi connectivity index (χ0v) is 8.04. The van der Waals surface area contributed by atoms with Crippen LogP contribution >= 0.6 is 0 Å². The quantitative estimate of drug-likeness (QED) is 0.725. The van der Waals surface area contributed by atoms with Crippen LogP contribution in [-0.2, 0) is 0 Å². The third-order valence-electron chi connectivity index (χ3n) is 2.61. The summed E-state index contributed by atoms with van der Waals surface area (Å²) in [5.41, 5.74) is 7.79. The zero-order valence-electron chi connectivity index (χ0n) is 8.04. The van der Waals surface area contributed by atoms with E-state index in [1.807, 2.05) is 12.3 Å². The van der Waals surface area contributed by atoms with E-state index in [-0.39, 0.29) is 0 Å². The number of nitrogens with two attached hydrogens (primary N) is 1. The summed E-state index contributed by atoms with van der Waals surface area (Å²) in [4.78, 5) is 4.03. The fourth-order valence-corrected chi connectivity index (χ4v) is 1.45. The van der Waals surface area contributed by atoms with Crippen LogP contribution in [0, 0.1) is 5.41 Å². The van der Waals surface area contributed by atoms with Gasteiger partial charge in [0.25, 0.3) is 0 Å². The van der Waals surface area contributed by atoms with E-state index in [9.17, 15) is 0 Å². The van der Waals surface area contributed by atoms with E-state index in [0.29, 0.717) is 17.1 Å². The lowest BCUT2D eigenvalue weighted by Crippen LogP contribution is -2.08. The molecule has 70 valence electrons. The number of aromatic nitrogens is 1. The number of hydrogen-bond donors (Lipinski definition) is 2. The monoisotopic (exact) mass is 177 g/mol. The van der Waals surface area contributed by atoms with Crippen LogP contribution < -0.4 is 11.1 Å². The van der Waals surface area contributed by atoms with Gasteiger partial charge in [-0.25, -0.2) is 0 Å². The summed E-state index contributed by atoms with van der Waals surface area (Å²) in [5, 5.41) is 3.40. The summed E-state index contributed by atoms with van der Waals surface area (Å²) < 4.78 is 0. The molecule has 0 bridgehead atoms. The molecule has 1 atom stereocenters. The maximum absolute atomic E-state index is 5.62. The number of rotatable bonds is 2. The number of nitrogen functional groups attached to an aromatic ring is 1. The summed E-state index contributed by atoms with van der Waals surface area (Å²) in [7, 11) is 0. The van der Waals surface area contributed by atoms with Gasteiger partial charge >= 0.3 is 0 Å². The SMILES string of the molecule is CC1(C)CC1Nc1cncc(N)c1. The Balaban J connectivity index is 2.03. The minimum atomic E-state index is 0.435. The van der Waals surface area contributed by atoms with Crippen molar-refractivity contribution < 1.29 is 0 Å². The fraction of sp³-hybridized carbons (Fsp3) is 0.500. The van der Waals surface area contributed by atoms with Crippen LogP contribution in [0.2, 0.25) is 0 Å². The smallest absolute Gasteiger partial charge is 0.0549 e. The Labute approximate surface area is 78.4 Å². The second-order valence-electron chi connectivity index (χ2n) is 4.40. The van der Waals surface area contributed by atoms with Crippen LogP contribution in [0.15, 0.2) is 18.5 Å². The van der Waals surface area contributed by atoms with Gasteiger partial charge in [0, 0.05) is 12.2 Å². The minimum absolute atomic E-state index is 0.435. The molecule has 1 aromatic heterocycles. The molecule has 1 saturated carbocycles. The van der Waals surface area contributed by atoms with Crippen LogP contribution in [0.5, 0.6) is 0 Å². The van der Waals surface area contributed by atoms with Crippen molar-refractivity contribution in [1.29, 1.82) is 0 Å². The molecule has 0 spiro atoms. The van der Waals surface area contributed by atoms with Crippen molar-refractivity contribution in [3.63, 3.8) is 0 Å². The largest absolute Gasteiger partial charge is 0.397 e. The Hall–Kier alpha value is -1.25. The molecule has 0 aromatic carbocycles. The first kappa shape index (κ1) is 8.35. The highest BCUT2D eigenvalue weighted by atomic mass is 15.0. The fourth-order valence-electron chi connectivity index (χ4n) is 1.45. The van der Waals surface area contributed by atoms with E-state index in [4.69, 9.17) is 5.73 Å². The molecule has 0 saturated heterocycles. The predicted molar refractivity (Wildman–Crippen MR) is 54.5 cm³/mol. The summed E-state index contributed by atoms with van der Waals surface area (Å²) in [6, 6.07) is 2.50. The number of anilines is 2. The van der Waals surface area contributed by atoms with Crippen LogP contribution in [0.3, 0.4) is 0 Å². The Morgan fingerprint density at radius 2 is 2.23 bits per heavy atom. The second kappa shape index (κ2) is 2.62. The van der Waals surface area contributed by atoms with Crippen molar-refractivity contribution >= 4 is 11.4 Å². The lowest BCUT2D eigenvalue weighted by atomic mass is 10.2. The summed E-state index contributed by atoms with van der Waals surface area (Å²) >= 11 is 0. The third kappa shape index (κ3) is 1.74. The van der Waals surface area contributed by atoms with Gasteiger partial charge in [-0.1, -0.05) is 13.8 Å². The van der Waals surface area contributed by atoms with Gasteiger partial charge in [0.1, 0.15) is 0 Å². The van der Waals surface area contributed by atoms with Gasteiger partial charge in [0.15, 0.2) is 0 Å². The summed E-state index contributed by atoms with van der Waals surface area (Å²) in [6.45, 7) is 4.51. The first-order chi connectivity index (χ1) is 6.08. The Morgan fingerprint density at radius 1 is 1.54 bits per heavy atom. The van der Waals surface area contributed by atoms with Crippen molar-refractivity contribution in [2.45, 2.75) is 26.3 Å². The van der Waals surface area contributed by atoms with E-state index < -0.39 is 0 Å². The van der Waals surface area contributed by atoms with Crippen molar-refractivity contribution in [2.75, 3.05) is 11.1 Å². The highest BCUT2D eigenvalue weighted by molar-refractivity contribution is 5.52. The highest BCUT2D eigenvalue weighted by Gasteiger charge is 2.45. The first-order valence-corrected chi connectivity index (χ1v) is 4.55. The number of pyridine rings is 1. The highest BCUT2D eigenvalue weighted by Crippen LogP contribution is 2.46. The van der Waals surface area contributed by atoms with Crippen molar-refractivity contribution in [2.24, 2.45) is 5.41 Å². The molecule has 1 fully saturated rings. The lowest BCUT2D eigenvalue weighted by molar-refractivity contribution is 0.630. The number of nitrogens with one attached hydrogen (secondary N) is 1. The molecule has 1 aliphatic rings. The maximum Gasteiger partial charge on any atom is 0.0549 e. The molecule has 1 aliphatic carbocycles. The molecule has 1 aromatic rings. The average molecular weight is 177 g/mol. The minimum Gasteiger partial charge on any atom is -0.397 e.